The lowest BCUT2D eigenvalue weighted by molar-refractivity contribution is 0.0519. The third-order valence-corrected chi connectivity index (χ3v) is 1.50. The van der Waals surface area contributed by atoms with E-state index in [1.165, 1.54) is 10.9 Å². The van der Waals surface area contributed by atoms with Gasteiger partial charge in [0.05, 0.1) is 19.3 Å². The highest BCUT2D eigenvalue weighted by atomic mass is 16.5. The topological polar surface area (TPSA) is 83.0 Å². The van der Waals surface area contributed by atoms with Crippen molar-refractivity contribution in [2.75, 3.05) is 6.61 Å². The predicted molar refractivity (Wildman–Crippen MR) is 49.6 cm³/mol. The Bertz CT molecular complexity index is 308. The number of carbonyl (C=O) groups excluding carboxylic acids is 1. The van der Waals surface area contributed by atoms with Crippen molar-refractivity contribution in [3.8, 4) is 0 Å². The highest BCUT2D eigenvalue weighted by Crippen LogP contribution is 1.97. The van der Waals surface area contributed by atoms with Crippen molar-refractivity contribution < 1.29 is 9.53 Å². The molecule has 0 bridgehead atoms. The van der Waals surface area contributed by atoms with Gasteiger partial charge in [-0.2, -0.15) is 0 Å². The Morgan fingerprint density at radius 2 is 2.50 bits per heavy atom. The second-order valence-electron chi connectivity index (χ2n) is 3.02. The lowest BCUT2D eigenvalue weighted by Crippen LogP contribution is -2.22. The number of hydrogen-bond donors (Lipinski definition) is 1. The smallest absolute Gasteiger partial charge is 0.360 e. The van der Waals surface area contributed by atoms with E-state index in [1.54, 1.807) is 6.92 Å². The molecule has 1 atom stereocenters. The SMILES string of the molecule is CCOC(=O)c1cn(C[C@@H](C)N)nn1. The first-order chi connectivity index (χ1) is 6.63. The first kappa shape index (κ1) is 10.6. The van der Waals surface area contributed by atoms with Gasteiger partial charge in [0.25, 0.3) is 0 Å². The Labute approximate surface area is 82.0 Å². The summed E-state index contributed by atoms with van der Waals surface area (Å²) < 4.78 is 6.28. The summed E-state index contributed by atoms with van der Waals surface area (Å²) in [6.07, 6.45) is 1.53. The van der Waals surface area contributed by atoms with Crippen molar-refractivity contribution in [2.24, 2.45) is 5.73 Å². The van der Waals surface area contributed by atoms with Gasteiger partial charge in [0.2, 0.25) is 0 Å². The molecule has 0 saturated heterocycles. The van der Waals surface area contributed by atoms with Crippen molar-refractivity contribution >= 4 is 5.97 Å². The van der Waals surface area contributed by atoms with Crippen LogP contribution in [-0.2, 0) is 11.3 Å². The lowest BCUT2D eigenvalue weighted by atomic mass is 10.4. The van der Waals surface area contributed by atoms with Crippen LogP contribution in [0.15, 0.2) is 6.20 Å². The van der Waals surface area contributed by atoms with Crippen LogP contribution in [0, 0.1) is 0 Å². The van der Waals surface area contributed by atoms with Gasteiger partial charge in [-0.05, 0) is 13.8 Å². The molecule has 14 heavy (non-hydrogen) atoms. The Morgan fingerprint density at radius 1 is 1.79 bits per heavy atom. The third-order valence-electron chi connectivity index (χ3n) is 1.50. The second-order valence-corrected chi connectivity index (χ2v) is 3.02. The molecule has 0 saturated carbocycles. The summed E-state index contributed by atoms with van der Waals surface area (Å²) in [5.74, 6) is -0.455. The zero-order valence-electron chi connectivity index (χ0n) is 8.30. The van der Waals surface area contributed by atoms with Crippen LogP contribution in [0.2, 0.25) is 0 Å². The van der Waals surface area contributed by atoms with E-state index in [0.717, 1.165) is 0 Å². The largest absolute Gasteiger partial charge is 0.461 e. The molecule has 1 aromatic heterocycles. The summed E-state index contributed by atoms with van der Waals surface area (Å²) in [5, 5.41) is 7.42. The molecule has 0 aliphatic carbocycles. The zero-order valence-corrected chi connectivity index (χ0v) is 8.30. The summed E-state index contributed by atoms with van der Waals surface area (Å²) >= 11 is 0. The number of rotatable bonds is 4. The molecular weight excluding hydrogens is 184 g/mol. The summed E-state index contributed by atoms with van der Waals surface area (Å²) in [6.45, 7) is 4.46. The minimum Gasteiger partial charge on any atom is -0.461 e. The van der Waals surface area contributed by atoms with Crippen molar-refractivity contribution in [1.82, 2.24) is 15.0 Å². The van der Waals surface area contributed by atoms with E-state index in [9.17, 15) is 4.79 Å². The van der Waals surface area contributed by atoms with E-state index in [0.29, 0.717) is 13.2 Å². The van der Waals surface area contributed by atoms with Crippen molar-refractivity contribution in [1.29, 1.82) is 0 Å². The lowest BCUT2D eigenvalue weighted by Gasteiger charge is -2.02. The van der Waals surface area contributed by atoms with Crippen LogP contribution in [0.3, 0.4) is 0 Å². The normalized spacial score (nSPS) is 12.5. The van der Waals surface area contributed by atoms with E-state index >= 15 is 0 Å². The number of carbonyl (C=O) groups is 1. The highest BCUT2D eigenvalue weighted by Gasteiger charge is 2.11. The third kappa shape index (κ3) is 2.81. The number of hydrogen-bond acceptors (Lipinski definition) is 5. The minimum absolute atomic E-state index is 0.0215. The second kappa shape index (κ2) is 4.71. The van der Waals surface area contributed by atoms with E-state index < -0.39 is 5.97 Å². The average molecular weight is 198 g/mol. The van der Waals surface area contributed by atoms with Gasteiger partial charge in [-0.25, -0.2) is 4.79 Å². The van der Waals surface area contributed by atoms with Gasteiger partial charge in [0.15, 0.2) is 5.69 Å². The summed E-state index contributed by atoms with van der Waals surface area (Å²) in [4.78, 5) is 11.2. The first-order valence-corrected chi connectivity index (χ1v) is 4.46. The molecule has 0 fully saturated rings. The fourth-order valence-corrected chi connectivity index (χ4v) is 0.981. The molecule has 0 aliphatic heterocycles. The quantitative estimate of drug-likeness (QED) is 0.677. The predicted octanol–water partition coefficient (Wildman–Crippen LogP) is -0.198. The summed E-state index contributed by atoms with van der Waals surface area (Å²) in [7, 11) is 0. The number of aromatic nitrogens is 3. The van der Waals surface area contributed by atoms with Crippen molar-refractivity contribution in [3.05, 3.63) is 11.9 Å². The molecule has 0 radical (unpaired) electrons. The van der Waals surface area contributed by atoms with Crippen LogP contribution in [0.25, 0.3) is 0 Å². The monoisotopic (exact) mass is 198 g/mol. The maximum absolute atomic E-state index is 11.2. The number of nitrogens with zero attached hydrogens (tertiary/aromatic N) is 3. The number of nitrogens with two attached hydrogens (primary N) is 1. The Balaban J connectivity index is 2.63. The van der Waals surface area contributed by atoms with E-state index in [-0.39, 0.29) is 11.7 Å². The molecule has 0 spiro atoms. The van der Waals surface area contributed by atoms with Gasteiger partial charge in [0, 0.05) is 6.04 Å². The van der Waals surface area contributed by atoms with Gasteiger partial charge in [-0.1, -0.05) is 5.21 Å². The minimum atomic E-state index is -0.455. The molecule has 2 N–H and O–H groups in total. The molecule has 0 aromatic carbocycles. The number of ether oxygens (including phenoxy) is 1. The fourth-order valence-electron chi connectivity index (χ4n) is 0.981. The van der Waals surface area contributed by atoms with Crippen LogP contribution < -0.4 is 5.73 Å². The molecule has 6 heteroatoms. The summed E-state index contributed by atoms with van der Waals surface area (Å²) in [6, 6.07) is -0.0215. The molecule has 0 unspecified atom stereocenters. The molecule has 6 nitrogen and oxygen atoms in total. The summed E-state index contributed by atoms with van der Waals surface area (Å²) in [5.41, 5.74) is 5.78. The molecule has 1 heterocycles. The fraction of sp³-hybridized carbons (Fsp3) is 0.625. The standard InChI is InChI=1S/C8H14N4O2/c1-3-14-8(13)7-5-12(11-10-7)4-6(2)9/h5-6H,3-4,9H2,1-2H3/t6-/m1/s1. The maximum atomic E-state index is 11.2. The van der Waals surface area contributed by atoms with Gasteiger partial charge in [0.1, 0.15) is 0 Å². The molecule has 0 amide bonds. The van der Waals surface area contributed by atoms with Crippen LogP contribution in [0.5, 0.6) is 0 Å². The molecule has 1 aromatic rings. The van der Waals surface area contributed by atoms with Gasteiger partial charge >= 0.3 is 5.97 Å². The Kier molecular flexibility index (Phi) is 3.58. The Hall–Kier alpha value is -1.43. The van der Waals surface area contributed by atoms with E-state index in [2.05, 4.69) is 10.3 Å². The van der Waals surface area contributed by atoms with Crippen LogP contribution in [0.1, 0.15) is 24.3 Å². The molecule has 78 valence electrons. The Morgan fingerprint density at radius 3 is 3.07 bits per heavy atom. The zero-order chi connectivity index (χ0) is 10.6. The van der Waals surface area contributed by atoms with E-state index in [4.69, 9.17) is 10.5 Å². The van der Waals surface area contributed by atoms with Crippen molar-refractivity contribution in [3.63, 3.8) is 0 Å². The van der Waals surface area contributed by atoms with Gasteiger partial charge in [-0.3, -0.25) is 4.68 Å². The van der Waals surface area contributed by atoms with Gasteiger partial charge in [-0.15, -0.1) is 5.10 Å². The average Bonchev–Trinajstić information content (AvgIpc) is 2.52. The van der Waals surface area contributed by atoms with Crippen LogP contribution >= 0.6 is 0 Å². The van der Waals surface area contributed by atoms with Crippen LogP contribution in [0.4, 0.5) is 0 Å². The van der Waals surface area contributed by atoms with Gasteiger partial charge < -0.3 is 10.5 Å². The van der Waals surface area contributed by atoms with Crippen molar-refractivity contribution in [2.45, 2.75) is 26.4 Å². The molecular formula is C8H14N4O2. The maximum Gasteiger partial charge on any atom is 0.360 e. The molecule has 1 rings (SSSR count). The first-order valence-electron chi connectivity index (χ1n) is 4.46. The number of esters is 1. The highest BCUT2D eigenvalue weighted by molar-refractivity contribution is 5.86. The molecule has 0 aliphatic rings. The van der Waals surface area contributed by atoms with E-state index in [1.807, 2.05) is 6.92 Å². The van der Waals surface area contributed by atoms with Crippen LogP contribution in [-0.4, -0.2) is 33.6 Å².